The van der Waals surface area contributed by atoms with Gasteiger partial charge in [0.05, 0.1) is 17.6 Å². The molecule has 1 N–H and O–H groups in total. The molecule has 4 aromatic heterocycles. The average molecular weight is 410 g/mol. The van der Waals surface area contributed by atoms with Gasteiger partial charge in [-0.2, -0.15) is 0 Å². The number of aromatic nitrogens is 5. The van der Waals surface area contributed by atoms with Crippen molar-refractivity contribution in [3.8, 4) is 11.3 Å². The second kappa shape index (κ2) is 8.10. The highest BCUT2D eigenvalue weighted by atomic mass is 16.5. The molecule has 1 atom stereocenters. The highest BCUT2D eigenvalue weighted by Gasteiger charge is 2.24. The number of aryl methyl sites for hydroxylation is 1. The quantitative estimate of drug-likeness (QED) is 0.501. The molecule has 4 heterocycles. The summed E-state index contributed by atoms with van der Waals surface area (Å²) in [6.07, 6.45) is 11.7. The Labute approximate surface area is 180 Å². The second-order valence-corrected chi connectivity index (χ2v) is 7.80. The molecule has 0 saturated heterocycles. The van der Waals surface area contributed by atoms with E-state index in [9.17, 15) is 0 Å². The molecule has 7 nitrogen and oxygen atoms in total. The van der Waals surface area contributed by atoms with Gasteiger partial charge in [-0.3, -0.25) is 9.97 Å². The summed E-state index contributed by atoms with van der Waals surface area (Å²) in [4.78, 5) is 17.9. The lowest BCUT2D eigenvalue weighted by atomic mass is 9.85. The van der Waals surface area contributed by atoms with E-state index >= 15 is 0 Å². The van der Waals surface area contributed by atoms with Crippen LogP contribution in [0.2, 0.25) is 0 Å². The summed E-state index contributed by atoms with van der Waals surface area (Å²) >= 11 is 0. The molecule has 5 rings (SSSR count). The Morgan fingerprint density at radius 1 is 1.06 bits per heavy atom. The molecule has 7 heteroatoms. The smallest absolute Gasteiger partial charge is 0.133 e. The summed E-state index contributed by atoms with van der Waals surface area (Å²) in [5.41, 5.74) is 8.33. The van der Waals surface area contributed by atoms with E-state index in [4.69, 9.17) is 4.52 Å². The van der Waals surface area contributed by atoms with E-state index in [-0.39, 0.29) is 5.92 Å². The monoisotopic (exact) mass is 410 g/mol. The number of nitrogens with one attached hydrogen (secondary N) is 1. The second-order valence-electron chi connectivity index (χ2n) is 7.80. The Kier molecular flexibility index (Phi) is 5.00. The van der Waals surface area contributed by atoms with Gasteiger partial charge < -0.3 is 9.84 Å². The molecular formula is C24H22N6O. The maximum Gasteiger partial charge on any atom is 0.133 e. The van der Waals surface area contributed by atoms with E-state index in [1.165, 1.54) is 5.57 Å². The molecule has 0 radical (unpaired) electrons. The van der Waals surface area contributed by atoms with Gasteiger partial charge in [0.2, 0.25) is 0 Å². The standard InChI is InChI=1S/C24H22N6O/c1-15-7-19(20-12-30-31-13-20)9-22-23(15)24(29-14-28-22)27-11-17-3-4-21(26-10-17)18-5-6-25-16(2)8-18/h3-6,8-10,12-15H,7,11H2,1-2H3,(H,27,28,29). The van der Waals surface area contributed by atoms with Crippen LogP contribution in [-0.4, -0.2) is 25.1 Å². The van der Waals surface area contributed by atoms with Gasteiger partial charge in [-0.15, -0.1) is 0 Å². The molecular weight excluding hydrogens is 388 g/mol. The third-order valence-electron chi connectivity index (χ3n) is 5.52. The minimum Gasteiger partial charge on any atom is -0.366 e. The van der Waals surface area contributed by atoms with Gasteiger partial charge >= 0.3 is 0 Å². The van der Waals surface area contributed by atoms with Crippen LogP contribution in [0.3, 0.4) is 0 Å². The van der Waals surface area contributed by atoms with Crippen molar-refractivity contribution in [3.05, 3.63) is 83.5 Å². The molecule has 0 amide bonds. The maximum absolute atomic E-state index is 5.00. The van der Waals surface area contributed by atoms with Crippen molar-refractivity contribution in [2.24, 2.45) is 0 Å². The fourth-order valence-corrected chi connectivity index (χ4v) is 3.96. The first-order valence-corrected chi connectivity index (χ1v) is 10.2. The summed E-state index contributed by atoms with van der Waals surface area (Å²) in [7, 11) is 0. The molecule has 0 aliphatic heterocycles. The van der Waals surface area contributed by atoms with Crippen molar-refractivity contribution in [1.29, 1.82) is 0 Å². The van der Waals surface area contributed by atoms with Crippen molar-refractivity contribution >= 4 is 17.5 Å². The SMILES string of the molecule is Cc1cc(-c2ccc(CNc3ncnc4c3C(C)CC(c3cnoc3)=C4)cn2)ccn1. The zero-order valence-electron chi connectivity index (χ0n) is 17.4. The van der Waals surface area contributed by atoms with Gasteiger partial charge in [0, 0.05) is 41.3 Å². The molecule has 154 valence electrons. The number of allylic oxidation sites excluding steroid dienone is 1. The number of pyridine rings is 2. The number of fused-ring (bicyclic) bond motifs is 1. The van der Waals surface area contributed by atoms with Crippen molar-refractivity contribution in [2.75, 3.05) is 5.32 Å². The molecule has 1 aliphatic carbocycles. The lowest BCUT2D eigenvalue weighted by Gasteiger charge is -2.23. The van der Waals surface area contributed by atoms with Crippen LogP contribution < -0.4 is 5.32 Å². The summed E-state index contributed by atoms with van der Waals surface area (Å²) in [5.74, 6) is 1.15. The predicted molar refractivity (Wildman–Crippen MR) is 119 cm³/mol. The lowest BCUT2D eigenvalue weighted by Crippen LogP contribution is -2.12. The molecule has 0 bridgehead atoms. The topological polar surface area (TPSA) is 89.6 Å². The summed E-state index contributed by atoms with van der Waals surface area (Å²) in [6, 6.07) is 8.14. The Morgan fingerprint density at radius 2 is 2.00 bits per heavy atom. The molecule has 31 heavy (non-hydrogen) atoms. The largest absolute Gasteiger partial charge is 0.366 e. The van der Waals surface area contributed by atoms with Crippen LogP contribution in [0.25, 0.3) is 22.9 Å². The first-order valence-electron chi connectivity index (χ1n) is 10.2. The van der Waals surface area contributed by atoms with Crippen LogP contribution in [0, 0.1) is 6.92 Å². The number of nitrogens with zero attached hydrogens (tertiary/aromatic N) is 5. The maximum atomic E-state index is 5.00. The van der Waals surface area contributed by atoms with E-state index < -0.39 is 0 Å². The van der Waals surface area contributed by atoms with Gasteiger partial charge in [0.25, 0.3) is 0 Å². The van der Waals surface area contributed by atoms with E-state index in [1.54, 1.807) is 18.8 Å². The van der Waals surface area contributed by atoms with Crippen LogP contribution >= 0.6 is 0 Å². The zero-order chi connectivity index (χ0) is 21.2. The number of hydrogen-bond donors (Lipinski definition) is 1. The Hall–Kier alpha value is -3.87. The molecule has 1 aliphatic rings. The predicted octanol–water partition coefficient (Wildman–Crippen LogP) is 4.89. The molecule has 0 saturated carbocycles. The van der Waals surface area contributed by atoms with Crippen LogP contribution in [-0.2, 0) is 6.54 Å². The average Bonchev–Trinajstić information content (AvgIpc) is 3.33. The van der Waals surface area contributed by atoms with Gasteiger partial charge in [-0.05, 0) is 54.7 Å². The van der Waals surface area contributed by atoms with E-state index in [0.717, 1.165) is 51.6 Å². The molecule has 1 unspecified atom stereocenters. The lowest BCUT2D eigenvalue weighted by molar-refractivity contribution is 0.419. The van der Waals surface area contributed by atoms with E-state index in [0.29, 0.717) is 6.54 Å². The molecule has 4 aromatic rings. The van der Waals surface area contributed by atoms with Gasteiger partial charge in [-0.1, -0.05) is 18.1 Å². The number of anilines is 1. The van der Waals surface area contributed by atoms with Crippen molar-refractivity contribution in [1.82, 2.24) is 25.1 Å². The molecule has 0 spiro atoms. The third-order valence-corrected chi connectivity index (χ3v) is 5.52. The van der Waals surface area contributed by atoms with Gasteiger partial charge in [0.1, 0.15) is 18.4 Å². The van der Waals surface area contributed by atoms with Gasteiger partial charge in [-0.25, -0.2) is 9.97 Å². The fraction of sp³-hybridized carbons (Fsp3) is 0.208. The first kappa shape index (κ1) is 19.1. The number of rotatable bonds is 5. The van der Waals surface area contributed by atoms with E-state index in [2.05, 4.69) is 49.5 Å². The van der Waals surface area contributed by atoms with Crippen LogP contribution in [0.1, 0.15) is 47.3 Å². The minimum absolute atomic E-state index is 0.282. The fourth-order valence-electron chi connectivity index (χ4n) is 3.96. The van der Waals surface area contributed by atoms with Crippen molar-refractivity contribution in [2.45, 2.75) is 32.7 Å². The third kappa shape index (κ3) is 3.94. The normalized spacial score (nSPS) is 15.3. The Balaban J connectivity index is 1.34. The molecule has 0 aromatic carbocycles. The summed E-state index contributed by atoms with van der Waals surface area (Å²) < 4.78 is 5.00. The summed E-state index contributed by atoms with van der Waals surface area (Å²) in [6.45, 7) is 4.82. The highest BCUT2D eigenvalue weighted by Crippen LogP contribution is 2.39. The van der Waals surface area contributed by atoms with Gasteiger partial charge in [0.15, 0.2) is 0 Å². The van der Waals surface area contributed by atoms with Crippen LogP contribution in [0.15, 0.2) is 60.0 Å². The van der Waals surface area contributed by atoms with Crippen LogP contribution in [0.4, 0.5) is 5.82 Å². The zero-order valence-corrected chi connectivity index (χ0v) is 17.4. The van der Waals surface area contributed by atoms with Crippen molar-refractivity contribution < 1.29 is 4.52 Å². The van der Waals surface area contributed by atoms with E-state index in [1.807, 2.05) is 37.5 Å². The molecule has 0 fully saturated rings. The summed E-state index contributed by atoms with van der Waals surface area (Å²) in [5, 5.41) is 7.29. The minimum atomic E-state index is 0.282. The first-order chi connectivity index (χ1) is 15.2. The Morgan fingerprint density at radius 3 is 2.77 bits per heavy atom. The van der Waals surface area contributed by atoms with Crippen LogP contribution in [0.5, 0.6) is 0 Å². The number of hydrogen-bond acceptors (Lipinski definition) is 7. The Bertz CT molecular complexity index is 1230. The van der Waals surface area contributed by atoms with Crippen molar-refractivity contribution in [3.63, 3.8) is 0 Å². The highest BCUT2D eigenvalue weighted by molar-refractivity contribution is 5.84.